The van der Waals surface area contributed by atoms with E-state index < -0.39 is 79.9 Å². The molecule has 0 aromatic carbocycles. The molecule has 2 aliphatic carbocycles. The summed E-state index contributed by atoms with van der Waals surface area (Å²) < 4.78 is 71.3. The first kappa shape index (κ1) is 41.1. The van der Waals surface area contributed by atoms with Gasteiger partial charge in [-0.25, -0.2) is 14.2 Å². The van der Waals surface area contributed by atoms with Gasteiger partial charge in [0.2, 0.25) is 11.8 Å². The number of nitrogens with one attached hydrogen (secondary N) is 3. The molecule has 1 aliphatic heterocycles. The largest absolute Gasteiger partial charge is 0.516 e. The maximum absolute atomic E-state index is 14.6. The van der Waals surface area contributed by atoms with Gasteiger partial charge >= 0.3 is 21.6 Å². The van der Waals surface area contributed by atoms with Crippen LogP contribution in [0.5, 0.6) is 0 Å². The van der Waals surface area contributed by atoms with Crippen LogP contribution in [0.25, 0.3) is 22.3 Å². The highest BCUT2D eigenvalue weighted by molar-refractivity contribution is 7.90. The Bertz CT molecular complexity index is 2160. The number of alkyl halides is 3. The number of nitrogens with zero attached hydrogens (tertiary/aromatic N) is 3. The van der Waals surface area contributed by atoms with Crippen LogP contribution in [0.15, 0.2) is 57.3 Å². The number of carbonyl (C=O) groups excluding carboxylic acids is 4. The number of halogens is 3. The summed E-state index contributed by atoms with van der Waals surface area (Å²) in [7, 11) is -6.14. The third-order valence-electron chi connectivity index (χ3n) is 10.4. The van der Waals surface area contributed by atoms with Crippen molar-refractivity contribution in [3.8, 4) is 22.3 Å². The number of carbonyl (C=O) groups is 4. The number of thiophene rings is 2. The van der Waals surface area contributed by atoms with E-state index in [0.717, 1.165) is 28.0 Å². The van der Waals surface area contributed by atoms with Crippen LogP contribution in [0.1, 0.15) is 65.3 Å². The van der Waals surface area contributed by atoms with E-state index in [0.29, 0.717) is 29.5 Å². The van der Waals surface area contributed by atoms with E-state index in [9.17, 15) is 45.6 Å². The summed E-state index contributed by atoms with van der Waals surface area (Å²) in [4.78, 5) is 70.7. The van der Waals surface area contributed by atoms with Gasteiger partial charge < -0.3 is 20.3 Å². The molecular formula is C36H41F3N6O8S3. The summed E-state index contributed by atoms with van der Waals surface area (Å²) in [5.41, 5.74) is -7.14. The Balaban J connectivity index is 1.36. The average Bonchev–Trinajstić information content (AvgIpc) is 3.79. The molecule has 3 fully saturated rings. The van der Waals surface area contributed by atoms with Crippen molar-refractivity contribution < 1.29 is 45.5 Å². The highest BCUT2D eigenvalue weighted by Gasteiger charge is 2.63. The predicted octanol–water partition coefficient (Wildman–Crippen LogP) is 4.95. The fraction of sp³-hybridized carbons (Fsp3) is 0.500. The molecule has 0 spiro atoms. The fourth-order valence-corrected chi connectivity index (χ4v) is 9.11. The van der Waals surface area contributed by atoms with Gasteiger partial charge in [-0.3, -0.25) is 19.2 Å². The lowest BCUT2D eigenvalue weighted by molar-refractivity contribution is -0.142. The molecule has 5 atom stereocenters. The Labute approximate surface area is 328 Å². The number of sulfonamides is 1. The Morgan fingerprint density at radius 3 is 2.27 bits per heavy atom. The summed E-state index contributed by atoms with van der Waals surface area (Å²) in [6.45, 7) is 8.36. The molecule has 3 aromatic heterocycles. The minimum absolute atomic E-state index is 0.244. The lowest BCUT2D eigenvalue weighted by Gasteiger charge is -2.35. The van der Waals surface area contributed by atoms with E-state index in [1.807, 2.05) is 22.2 Å². The van der Waals surface area contributed by atoms with Crippen LogP contribution in [0.4, 0.5) is 18.0 Å². The maximum Gasteiger partial charge on any atom is 0.516 e. The van der Waals surface area contributed by atoms with Crippen molar-refractivity contribution in [2.24, 2.45) is 11.3 Å². The zero-order chi connectivity index (χ0) is 40.8. The molecule has 3 N–H and O–H groups in total. The molecule has 20 heteroatoms. The minimum Gasteiger partial charge on any atom is -0.446 e. The van der Waals surface area contributed by atoms with Crippen molar-refractivity contribution in [3.63, 3.8) is 0 Å². The van der Waals surface area contributed by atoms with Crippen molar-refractivity contribution in [2.75, 3.05) is 6.54 Å². The van der Waals surface area contributed by atoms with Crippen molar-refractivity contribution in [3.05, 3.63) is 62.9 Å². The first-order valence-corrected chi connectivity index (χ1v) is 21.2. The van der Waals surface area contributed by atoms with Crippen molar-refractivity contribution in [2.45, 2.75) is 94.6 Å². The molecule has 1 saturated heterocycles. The normalized spacial score (nSPS) is 23.3. The van der Waals surface area contributed by atoms with Crippen LogP contribution in [-0.4, -0.2) is 82.7 Å². The van der Waals surface area contributed by atoms with Gasteiger partial charge in [0.15, 0.2) is 0 Å². The Hall–Kier alpha value is -4.56. The zero-order valence-corrected chi connectivity index (χ0v) is 33.1. The number of amides is 4. The molecule has 302 valence electrons. The fourth-order valence-electron chi connectivity index (χ4n) is 7.26. The predicted molar refractivity (Wildman–Crippen MR) is 202 cm³/mol. The van der Waals surface area contributed by atoms with Gasteiger partial charge in [0.1, 0.15) is 23.7 Å². The lowest BCUT2D eigenvalue weighted by Crippen LogP contribution is -2.60. The molecule has 4 amide bonds. The van der Waals surface area contributed by atoms with Crippen molar-refractivity contribution in [1.29, 1.82) is 0 Å². The van der Waals surface area contributed by atoms with Crippen LogP contribution >= 0.6 is 22.7 Å². The van der Waals surface area contributed by atoms with E-state index in [-0.39, 0.29) is 25.5 Å². The highest BCUT2D eigenvalue weighted by atomic mass is 32.2. The van der Waals surface area contributed by atoms with E-state index >= 15 is 0 Å². The van der Waals surface area contributed by atoms with Crippen LogP contribution in [0.2, 0.25) is 0 Å². The number of ether oxygens (including phenoxy) is 1. The molecule has 14 nitrogen and oxygen atoms in total. The second-order valence-corrected chi connectivity index (χ2v) is 18.5. The van der Waals surface area contributed by atoms with E-state index in [4.69, 9.17) is 4.74 Å². The highest BCUT2D eigenvalue weighted by Crippen LogP contribution is 2.46. The molecule has 2 saturated carbocycles. The third-order valence-corrected chi connectivity index (χ3v) is 12.8. The van der Waals surface area contributed by atoms with Crippen LogP contribution in [-0.2, 0) is 29.1 Å². The smallest absolute Gasteiger partial charge is 0.446 e. The van der Waals surface area contributed by atoms with E-state index in [2.05, 4.69) is 22.3 Å². The summed E-state index contributed by atoms with van der Waals surface area (Å²) >= 11 is 2.81. The number of alkyl carbamates (subject to hydrolysis) is 1. The monoisotopic (exact) mass is 838 g/mol. The quantitative estimate of drug-likeness (QED) is 0.225. The first-order valence-electron chi connectivity index (χ1n) is 17.8. The summed E-state index contributed by atoms with van der Waals surface area (Å²) in [5, 5.41) is 16.9. The van der Waals surface area contributed by atoms with Crippen LogP contribution in [0, 0.1) is 11.3 Å². The van der Waals surface area contributed by atoms with Gasteiger partial charge in [-0.15, -0.1) is 6.58 Å². The average molecular weight is 839 g/mol. The molecule has 6 rings (SSSR count). The lowest BCUT2D eigenvalue weighted by atomic mass is 9.85. The minimum atomic E-state index is -6.14. The van der Waals surface area contributed by atoms with E-state index in [1.165, 1.54) is 39.6 Å². The van der Waals surface area contributed by atoms with Gasteiger partial charge in [-0.1, -0.05) is 26.8 Å². The van der Waals surface area contributed by atoms with Gasteiger partial charge in [0, 0.05) is 24.4 Å². The SMILES string of the molecule is C=C[C@@H]1C[C@]1(NC(=O)[C@@H]1C[C@@H](n2ncc(-c3ccsc3)c(-c3ccsc3)c2=O)CN1C(=O)[C@@H](NC(=O)OC1CCCC1)C(C)(C)C)C(=O)NS(=O)(=O)C(F)(F)F. The molecule has 0 radical (unpaired) electrons. The first-order chi connectivity index (χ1) is 26.3. The van der Waals surface area contributed by atoms with Gasteiger partial charge in [0.05, 0.1) is 17.8 Å². The van der Waals surface area contributed by atoms with Gasteiger partial charge in [-0.2, -0.15) is 49.4 Å². The van der Waals surface area contributed by atoms with Gasteiger partial charge in [0.25, 0.3) is 11.5 Å². The Kier molecular flexibility index (Phi) is 11.3. The van der Waals surface area contributed by atoms with Gasteiger partial charge in [-0.05, 0) is 82.3 Å². The van der Waals surface area contributed by atoms with E-state index in [1.54, 1.807) is 32.2 Å². The second-order valence-electron chi connectivity index (χ2n) is 15.2. The topological polar surface area (TPSA) is 186 Å². The Morgan fingerprint density at radius 2 is 1.71 bits per heavy atom. The number of hydrogen-bond donors (Lipinski definition) is 3. The number of aromatic nitrogens is 2. The molecule has 3 aromatic rings. The second kappa shape index (κ2) is 15.4. The number of likely N-dealkylation sites (tertiary alicyclic amines) is 1. The maximum atomic E-state index is 14.6. The number of rotatable bonds is 11. The molecule has 0 unspecified atom stereocenters. The zero-order valence-electron chi connectivity index (χ0n) is 30.6. The molecule has 56 heavy (non-hydrogen) atoms. The Morgan fingerprint density at radius 1 is 1.07 bits per heavy atom. The molecular weight excluding hydrogens is 798 g/mol. The van der Waals surface area contributed by atoms with Crippen molar-refractivity contribution >= 4 is 56.5 Å². The standard InChI is InChI=1S/C36H41F3N6O8S3/c1-5-22-15-35(22,32(49)43-56(51,52)36(37,38)39)42-29(46)26-14-23(17-44(26)31(48)28(34(2,3)4)41-33(50)53-24-8-6-7-9-24)45-30(47)27(21-11-13-55-19-21)25(16-40-45)20-10-12-54-18-20/h5,10-13,16,18-19,22-24,26,28H,1,6-9,14-15,17H2,2-4H3,(H,41,50)(H,42,46)(H,43,49)/t22-,23-,26+,28-,35-/m1/s1. The number of hydrogen-bond acceptors (Lipinski definition) is 11. The summed E-state index contributed by atoms with van der Waals surface area (Å²) in [5.74, 6) is -4.33. The van der Waals surface area contributed by atoms with Crippen molar-refractivity contribution in [1.82, 2.24) is 30.0 Å². The molecule has 3 aliphatic rings. The molecule has 0 bridgehead atoms. The summed E-state index contributed by atoms with van der Waals surface area (Å²) in [6, 6.07) is -0.0489. The summed E-state index contributed by atoms with van der Waals surface area (Å²) in [6.07, 6.45) is 4.14. The third kappa shape index (κ3) is 8.13. The molecule has 4 heterocycles. The van der Waals surface area contributed by atoms with Crippen LogP contribution < -0.4 is 20.9 Å². The van der Waals surface area contributed by atoms with Crippen LogP contribution in [0.3, 0.4) is 0 Å².